The first-order valence-corrected chi connectivity index (χ1v) is 6.54. The molecule has 1 atom stereocenters. The predicted molar refractivity (Wildman–Crippen MR) is 71.6 cm³/mol. The third-order valence-electron chi connectivity index (χ3n) is 3.65. The van der Waals surface area contributed by atoms with Crippen LogP contribution in [0.15, 0.2) is 0 Å². The van der Waals surface area contributed by atoms with Gasteiger partial charge >= 0.3 is 0 Å². The summed E-state index contributed by atoms with van der Waals surface area (Å²) in [6.07, 6.45) is 2.84. The second kappa shape index (κ2) is 7.19. The van der Waals surface area contributed by atoms with Gasteiger partial charge in [0, 0.05) is 51.7 Å². The summed E-state index contributed by atoms with van der Waals surface area (Å²) in [5.74, 6) is 0.347. The van der Waals surface area contributed by atoms with Crippen LogP contribution in [-0.4, -0.2) is 61.0 Å². The molecule has 2 aliphatic rings. The van der Waals surface area contributed by atoms with E-state index in [0.29, 0.717) is 18.4 Å². The van der Waals surface area contributed by atoms with Gasteiger partial charge in [-0.15, -0.1) is 12.4 Å². The van der Waals surface area contributed by atoms with Gasteiger partial charge in [-0.05, 0) is 12.8 Å². The molecule has 5 heteroatoms. The number of hydrogen-bond donors (Lipinski definition) is 1. The molecule has 2 heterocycles. The Hall–Kier alpha value is -0.320. The fraction of sp³-hybridized carbons (Fsp3) is 0.917. The van der Waals surface area contributed by atoms with Gasteiger partial charge in [0.15, 0.2) is 0 Å². The average molecular weight is 262 g/mol. The number of hydrogen-bond acceptors (Lipinski definition) is 3. The third-order valence-corrected chi connectivity index (χ3v) is 3.65. The Morgan fingerprint density at radius 2 is 2.00 bits per heavy atom. The van der Waals surface area contributed by atoms with Gasteiger partial charge in [0.05, 0.1) is 0 Å². The monoisotopic (exact) mass is 261 g/mol. The lowest BCUT2D eigenvalue weighted by atomic mass is 10.2. The van der Waals surface area contributed by atoms with Gasteiger partial charge in [-0.3, -0.25) is 9.69 Å². The smallest absolute Gasteiger partial charge is 0.222 e. The SMILES string of the molecule is CCCC(=O)N1CCC(N2CCNCC2)C1.Cl. The molecule has 0 bridgehead atoms. The molecule has 0 aromatic rings. The van der Waals surface area contributed by atoms with Crippen molar-refractivity contribution >= 4 is 18.3 Å². The van der Waals surface area contributed by atoms with Gasteiger partial charge in [0.1, 0.15) is 0 Å². The number of piperazine rings is 1. The predicted octanol–water partition coefficient (Wildman–Crippen LogP) is 0.714. The zero-order valence-electron chi connectivity index (χ0n) is 10.7. The van der Waals surface area contributed by atoms with Crippen LogP contribution < -0.4 is 5.32 Å². The van der Waals surface area contributed by atoms with Crippen LogP contribution in [0.1, 0.15) is 26.2 Å². The molecule has 2 rings (SSSR count). The Kier molecular flexibility index (Phi) is 6.23. The van der Waals surface area contributed by atoms with Crippen LogP contribution in [0.25, 0.3) is 0 Å². The summed E-state index contributed by atoms with van der Waals surface area (Å²) in [6.45, 7) is 8.47. The maximum absolute atomic E-state index is 11.8. The first-order chi connectivity index (χ1) is 7.81. The Morgan fingerprint density at radius 1 is 1.29 bits per heavy atom. The molecule has 1 amide bonds. The van der Waals surface area contributed by atoms with E-state index in [1.165, 1.54) is 0 Å². The first-order valence-electron chi connectivity index (χ1n) is 6.54. The highest BCUT2D eigenvalue weighted by molar-refractivity contribution is 5.85. The minimum atomic E-state index is 0. The van der Waals surface area contributed by atoms with Gasteiger partial charge in [0.2, 0.25) is 5.91 Å². The average Bonchev–Trinajstić information content (AvgIpc) is 2.80. The van der Waals surface area contributed by atoms with Crippen molar-refractivity contribution in [1.29, 1.82) is 0 Å². The highest BCUT2D eigenvalue weighted by atomic mass is 35.5. The molecule has 2 fully saturated rings. The van der Waals surface area contributed by atoms with E-state index in [-0.39, 0.29) is 12.4 Å². The second-order valence-corrected chi connectivity index (χ2v) is 4.82. The van der Waals surface area contributed by atoms with Gasteiger partial charge in [-0.1, -0.05) is 6.92 Å². The summed E-state index contributed by atoms with van der Waals surface area (Å²) in [4.78, 5) is 16.4. The van der Waals surface area contributed by atoms with Crippen molar-refractivity contribution in [2.75, 3.05) is 39.3 Å². The van der Waals surface area contributed by atoms with E-state index < -0.39 is 0 Å². The molecule has 4 nitrogen and oxygen atoms in total. The normalized spacial score (nSPS) is 25.7. The molecule has 0 radical (unpaired) electrons. The lowest BCUT2D eigenvalue weighted by molar-refractivity contribution is -0.130. The Labute approximate surface area is 110 Å². The zero-order valence-corrected chi connectivity index (χ0v) is 11.5. The van der Waals surface area contributed by atoms with E-state index >= 15 is 0 Å². The second-order valence-electron chi connectivity index (χ2n) is 4.82. The van der Waals surface area contributed by atoms with Crippen LogP contribution in [0.5, 0.6) is 0 Å². The highest BCUT2D eigenvalue weighted by Gasteiger charge is 2.30. The summed E-state index contributed by atoms with van der Waals surface area (Å²) in [7, 11) is 0. The van der Waals surface area contributed by atoms with Crippen LogP contribution in [0.4, 0.5) is 0 Å². The molecule has 0 aliphatic carbocycles. The Bertz CT molecular complexity index is 244. The molecular weight excluding hydrogens is 238 g/mol. The van der Waals surface area contributed by atoms with Crippen LogP contribution in [-0.2, 0) is 4.79 Å². The number of nitrogens with zero attached hydrogens (tertiary/aromatic N) is 2. The summed E-state index contributed by atoms with van der Waals surface area (Å²) in [5.41, 5.74) is 0. The number of rotatable bonds is 3. The number of amides is 1. The van der Waals surface area contributed by atoms with E-state index in [1.54, 1.807) is 0 Å². The quantitative estimate of drug-likeness (QED) is 0.813. The molecule has 0 aromatic heterocycles. The molecular formula is C12H24ClN3O. The third kappa shape index (κ3) is 3.83. The van der Waals surface area contributed by atoms with Crippen molar-refractivity contribution in [3.8, 4) is 0 Å². The minimum Gasteiger partial charge on any atom is -0.341 e. The molecule has 17 heavy (non-hydrogen) atoms. The zero-order chi connectivity index (χ0) is 11.4. The summed E-state index contributed by atoms with van der Waals surface area (Å²) in [5, 5.41) is 3.37. The van der Waals surface area contributed by atoms with Crippen LogP contribution in [0.2, 0.25) is 0 Å². The molecule has 2 aliphatic heterocycles. The molecule has 1 N–H and O–H groups in total. The standard InChI is InChI=1S/C12H23N3O.ClH/c1-2-3-12(16)15-7-4-11(10-15)14-8-5-13-6-9-14;/h11,13H,2-10H2,1H3;1H. The van der Waals surface area contributed by atoms with Crippen molar-refractivity contribution in [3.05, 3.63) is 0 Å². The van der Waals surface area contributed by atoms with E-state index in [0.717, 1.165) is 52.1 Å². The lowest BCUT2D eigenvalue weighted by Gasteiger charge is -2.32. The summed E-state index contributed by atoms with van der Waals surface area (Å²) >= 11 is 0. The fourth-order valence-electron chi connectivity index (χ4n) is 2.69. The van der Waals surface area contributed by atoms with Crippen LogP contribution in [0.3, 0.4) is 0 Å². The molecule has 0 saturated carbocycles. The van der Waals surface area contributed by atoms with E-state index in [4.69, 9.17) is 0 Å². The number of halogens is 1. The van der Waals surface area contributed by atoms with Crippen molar-refractivity contribution in [2.24, 2.45) is 0 Å². The van der Waals surface area contributed by atoms with Gasteiger partial charge in [-0.2, -0.15) is 0 Å². The molecule has 100 valence electrons. The maximum Gasteiger partial charge on any atom is 0.222 e. The topological polar surface area (TPSA) is 35.6 Å². The first kappa shape index (κ1) is 14.7. The van der Waals surface area contributed by atoms with E-state index in [2.05, 4.69) is 22.0 Å². The largest absolute Gasteiger partial charge is 0.341 e. The van der Waals surface area contributed by atoms with E-state index in [1.807, 2.05) is 0 Å². The molecule has 2 saturated heterocycles. The fourth-order valence-corrected chi connectivity index (χ4v) is 2.69. The number of likely N-dealkylation sites (tertiary alicyclic amines) is 1. The van der Waals surface area contributed by atoms with Gasteiger partial charge in [-0.25, -0.2) is 0 Å². The number of carbonyl (C=O) groups is 1. The minimum absolute atomic E-state index is 0. The Balaban J connectivity index is 0.00000144. The van der Waals surface area contributed by atoms with Gasteiger partial charge in [0.25, 0.3) is 0 Å². The number of nitrogens with one attached hydrogen (secondary N) is 1. The van der Waals surface area contributed by atoms with Crippen LogP contribution in [0, 0.1) is 0 Å². The number of carbonyl (C=O) groups excluding carboxylic acids is 1. The van der Waals surface area contributed by atoms with Crippen LogP contribution >= 0.6 is 12.4 Å². The molecule has 0 spiro atoms. The highest BCUT2D eigenvalue weighted by Crippen LogP contribution is 2.17. The van der Waals surface area contributed by atoms with Crippen molar-refractivity contribution in [2.45, 2.75) is 32.2 Å². The van der Waals surface area contributed by atoms with Gasteiger partial charge < -0.3 is 10.2 Å². The summed E-state index contributed by atoms with van der Waals surface area (Å²) < 4.78 is 0. The summed E-state index contributed by atoms with van der Waals surface area (Å²) in [6, 6.07) is 0.614. The lowest BCUT2D eigenvalue weighted by Crippen LogP contribution is -2.49. The van der Waals surface area contributed by atoms with E-state index in [9.17, 15) is 4.79 Å². The van der Waals surface area contributed by atoms with Crippen molar-refractivity contribution in [3.63, 3.8) is 0 Å². The maximum atomic E-state index is 11.8. The van der Waals surface area contributed by atoms with Crippen molar-refractivity contribution < 1.29 is 4.79 Å². The molecule has 0 aromatic carbocycles. The van der Waals surface area contributed by atoms with Crippen molar-refractivity contribution in [1.82, 2.24) is 15.1 Å². The molecule has 1 unspecified atom stereocenters. The Morgan fingerprint density at radius 3 is 2.65 bits per heavy atom.